The number of rotatable bonds is 8. The normalized spacial score (nSPS) is 11.3. The first-order chi connectivity index (χ1) is 23.6. The van der Waals surface area contributed by atoms with Crippen molar-refractivity contribution >= 4 is 67.5 Å². The molecule has 7 aromatic rings. The van der Waals surface area contributed by atoms with Gasteiger partial charge in [-0.15, -0.1) is 10.2 Å². The lowest BCUT2D eigenvalue weighted by atomic mass is 10.1. The van der Waals surface area contributed by atoms with E-state index in [4.69, 9.17) is 0 Å². The first-order valence-corrected chi connectivity index (χ1v) is 15.3. The van der Waals surface area contributed by atoms with Crippen molar-refractivity contribution in [2.45, 2.75) is 0 Å². The summed E-state index contributed by atoms with van der Waals surface area (Å²) in [7, 11) is 0. The molecule has 7 aromatic carbocycles. The highest BCUT2D eigenvalue weighted by Crippen LogP contribution is 2.34. The van der Waals surface area contributed by atoms with Crippen LogP contribution in [0.25, 0.3) is 21.5 Å². The van der Waals surface area contributed by atoms with Crippen LogP contribution in [0.15, 0.2) is 178 Å². The number of nitrogens with one attached hydrogen (secondary N) is 2. The van der Waals surface area contributed by atoms with Gasteiger partial charge in [-0.3, -0.25) is 9.59 Å². The average Bonchev–Trinajstić information content (AvgIpc) is 3.15. The van der Waals surface area contributed by atoms with Gasteiger partial charge < -0.3 is 10.6 Å². The zero-order valence-corrected chi connectivity index (χ0v) is 25.6. The Morgan fingerprint density at radius 3 is 1.10 bits per heavy atom. The van der Waals surface area contributed by atoms with E-state index in [9.17, 15) is 9.59 Å². The van der Waals surface area contributed by atoms with Crippen molar-refractivity contribution in [2.24, 2.45) is 20.5 Å². The fourth-order valence-electron chi connectivity index (χ4n) is 5.33. The maximum atomic E-state index is 13.3. The van der Waals surface area contributed by atoms with Gasteiger partial charge in [-0.25, -0.2) is 0 Å². The lowest BCUT2D eigenvalue weighted by molar-refractivity contribution is 0.101. The third kappa shape index (κ3) is 6.59. The van der Waals surface area contributed by atoms with Crippen molar-refractivity contribution in [3.8, 4) is 0 Å². The molecule has 2 N–H and O–H groups in total. The second kappa shape index (κ2) is 13.7. The van der Waals surface area contributed by atoms with Crippen molar-refractivity contribution in [3.05, 3.63) is 169 Å². The van der Waals surface area contributed by atoms with Crippen LogP contribution < -0.4 is 10.6 Å². The molecule has 0 radical (unpaired) electrons. The Labute approximate surface area is 276 Å². The Kier molecular flexibility index (Phi) is 8.52. The quantitative estimate of drug-likeness (QED) is 0.164. The molecule has 8 nitrogen and oxygen atoms in total. The zero-order valence-electron chi connectivity index (χ0n) is 25.6. The highest BCUT2D eigenvalue weighted by molar-refractivity contribution is 6.13. The summed E-state index contributed by atoms with van der Waals surface area (Å²) in [4.78, 5) is 26.6. The summed E-state index contributed by atoms with van der Waals surface area (Å²) in [6.45, 7) is 0. The minimum Gasteiger partial charge on any atom is -0.321 e. The summed E-state index contributed by atoms with van der Waals surface area (Å²) in [6, 6.07) is 48.3. The lowest BCUT2D eigenvalue weighted by Crippen LogP contribution is -2.14. The van der Waals surface area contributed by atoms with Gasteiger partial charge in [0.2, 0.25) is 0 Å². The van der Waals surface area contributed by atoms with Crippen molar-refractivity contribution in [3.63, 3.8) is 0 Å². The molecule has 8 heteroatoms. The fourth-order valence-corrected chi connectivity index (χ4v) is 5.33. The molecule has 7 rings (SSSR count). The largest absolute Gasteiger partial charge is 0.321 e. The van der Waals surface area contributed by atoms with Crippen molar-refractivity contribution in [2.75, 3.05) is 10.6 Å². The highest BCUT2D eigenvalue weighted by atomic mass is 16.2. The summed E-state index contributed by atoms with van der Waals surface area (Å²) in [5.41, 5.74) is 5.03. The Balaban J connectivity index is 1.06. The van der Waals surface area contributed by atoms with Gasteiger partial charge in [0, 0.05) is 44.0 Å². The molecular weight excluding hydrogens is 596 g/mol. The number of fused-ring (bicyclic) bond motifs is 2. The summed E-state index contributed by atoms with van der Waals surface area (Å²) in [5.74, 6) is -0.589. The minimum absolute atomic E-state index is 0.294. The molecule has 230 valence electrons. The number of carbonyl (C=O) groups is 2. The minimum atomic E-state index is -0.294. The molecule has 0 fully saturated rings. The highest BCUT2D eigenvalue weighted by Gasteiger charge is 2.14. The Bertz CT molecular complexity index is 2150. The van der Waals surface area contributed by atoms with Crippen LogP contribution in [0.4, 0.5) is 34.1 Å². The molecular formula is C40H28N6O2. The van der Waals surface area contributed by atoms with Crippen molar-refractivity contribution < 1.29 is 9.59 Å². The van der Waals surface area contributed by atoms with Gasteiger partial charge in [0.15, 0.2) is 0 Å². The van der Waals surface area contributed by atoms with Gasteiger partial charge in [-0.2, -0.15) is 10.2 Å². The molecule has 0 saturated heterocycles. The molecule has 0 spiro atoms. The molecule has 0 bridgehead atoms. The third-order valence-electron chi connectivity index (χ3n) is 7.77. The molecule has 0 aliphatic carbocycles. The molecule has 0 heterocycles. The summed E-state index contributed by atoms with van der Waals surface area (Å²) < 4.78 is 0. The Hall–Kier alpha value is -6.80. The van der Waals surface area contributed by atoms with Crippen LogP contribution in [-0.4, -0.2) is 11.8 Å². The predicted octanol–water partition coefficient (Wildman–Crippen LogP) is 11.3. The topological polar surface area (TPSA) is 108 Å². The maximum absolute atomic E-state index is 13.3. The molecule has 2 amide bonds. The van der Waals surface area contributed by atoms with Crippen LogP contribution in [0.3, 0.4) is 0 Å². The smallest absolute Gasteiger partial charge is 0.255 e. The number of carbonyl (C=O) groups excluding carboxylic acids is 2. The number of anilines is 2. The van der Waals surface area contributed by atoms with Crippen LogP contribution in [0.1, 0.15) is 20.7 Å². The van der Waals surface area contributed by atoms with E-state index in [1.807, 2.05) is 133 Å². The lowest BCUT2D eigenvalue weighted by Gasteiger charge is -2.12. The number of hydrogen-bond acceptors (Lipinski definition) is 6. The van der Waals surface area contributed by atoms with E-state index in [0.29, 0.717) is 33.9 Å². The monoisotopic (exact) mass is 624 g/mol. The number of benzene rings is 7. The van der Waals surface area contributed by atoms with E-state index >= 15 is 0 Å². The summed E-state index contributed by atoms with van der Waals surface area (Å²) in [5, 5.41) is 27.0. The molecule has 0 atom stereocenters. The van der Waals surface area contributed by atoms with E-state index in [2.05, 4.69) is 31.1 Å². The number of azo groups is 2. The number of hydrogen-bond donors (Lipinski definition) is 2. The van der Waals surface area contributed by atoms with Gasteiger partial charge >= 0.3 is 0 Å². The average molecular weight is 625 g/mol. The van der Waals surface area contributed by atoms with Gasteiger partial charge in [-0.1, -0.05) is 84.9 Å². The maximum Gasteiger partial charge on any atom is 0.255 e. The summed E-state index contributed by atoms with van der Waals surface area (Å²) >= 11 is 0. The fraction of sp³-hybridized carbons (Fsp3) is 0. The van der Waals surface area contributed by atoms with E-state index in [1.54, 1.807) is 24.3 Å². The second-order valence-corrected chi connectivity index (χ2v) is 10.9. The van der Waals surface area contributed by atoms with Crippen LogP contribution in [0.2, 0.25) is 0 Å². The van der Waals surface area contributed by atoms with Gasteiger partial charge in [0.05, 0.1) is 22.7 Å². The van der Waals surface area contributed by atoms with E-state index in [0.717, 1.165) is 32.9 Å². The third-order valence-corrected chi connectivity index (χ3v) is 7.77. The molecule has 0 saturated carbocycles. The molecule has 0 aliphatic heterocycles. The standard InChI is InChI=1S/C40H28N6O2/c47-39(41-35-23-25-37(33-17-9-7-15-31(33)35)45-43-29-11-3-1-4-12-29)27-19-21-28(22-20-27)40(48)42-36-24-26-38(34-18-10-8-16-32(34)36)46-44-30-13-5-2-6-14-30/h1-26H,(H,41,47)(H,42,48). The zero-order chi connectivity index (χ0) is 32.7. The van der Waals surface area contributed by atoms with Crippen molar-refractivity contribution in [1.82, 2.24) is 0 Å². The van der Waals surface area contributed by atoms with Gasteiger partial charge in [-0.05, 0) is 72.8 Å². The van der Waals surface area contributed by atoms with Gasteiger partial charge in [0.25, 0.3) is 11.8 Å². The van der Waals surface area contributed by atoms with E-state index in [-0.39, 0.29) is 11.8 Å². The van der Waals surface area contributed by atoms with Crippen LogP contribution in [0.5, 0.6) is 0 Å². The Morgan fingerprint density at radius 2 is 0.708 bits per heavy atom. The summed E-state index contributed by atoms with van der Waals surface area (Å²) in [6.07, 6.45) is 0. The van der Waals surface area contributed by atoms with Crippen LogP contribution >= 0.6 is 0 Å². The predicted molar refractivity (Wildman–Crippen MR) is 191 cm³/mol. The molecule has 0 unspecified atom stereocenters. The van der Waals surface area contributed by atoms with Crippen LogP contribution in [0, 0.1) is 0 Å². The van der Waals surface area contributed by atoms with Crippen LogP contribution in [-0.2, 0) is 0 Å². The first kappa shape index (κ1) is 29.9. The van der Waals surface area contributed by atoms with E-state index in [1.165, 1.54) is 0 Å². The van der Waals surface area contributed by atoms with E-state index < -0.39 is 0 Å². The van der Waals surface area contributed by atoms with Gasteiger partial charge in [0.1, 0.15) is 0 Å². The molecule has 48 heavy (non-hydrogen) atoms. The first-order valence-electron chi connectivity index (χ1n) is 15.3. The molecule has 0 aliphatic rings. The second-order valence-electron chi connectivity index (χ2n) is 10.9. The number of amides is 2. The number of nitrogens with zero attached hydrogens (tertiary/aromatic N) is 4. The molecule has 0 aromatic heterocycles. The Morgan fingerprint density at radius 1 is 0.354 bits per heavy atom. The SMILES string of the molecule is O=C(Nc1ccc(N=Nc2ccccc2)c2ccccc12)c1ccc(C(=O)Nc2ccc(N=Nc3ccccc3)c3ccccc23)cc1. The van der Waals surface area contributed by atoms with Crippen molar-refractivity contribution in [1.29, 1.82) is 0 Å².